The molecule has 1 aromatic rings. The number of sulfonamides is 1. The number of H-pyrrole nitrogens is 1. The number of hydrogen-bond donors (Lipinski definition) is 1. The lowest BCUT2D eigenvalue weighted by molar-refractivity contribution is -0.145. The quantitative estimate of drug-likeness (QED) is 0.763. The summed E-state index contributed by atoms with van der Waals surface area (Å²) in [7, 11) is -2.36. The van der Waals surface area contributed by atoms with E-state index in [4.69, 9.17) is 4.74 Å². The molecular weight excluding hydrogens is 298 g/mol. The first-order valence-corrected chi connectivity index (χ1v) is 8.13. The Bertz CT molecular complexity index is 598. The van der Waals surface area contributed by atoms with Gasteiger partial charge in [0.05, 0.1) is 32.4 Å². The van der Waals surface area contributed by atoms with Crippen LogP contribution in [0.25, 0.3) is 0 Å². The number of esters is 1. The Kier molecular flexibility index (Phi) is 4.96. The minimum Gasteiger partial charge on any atom is -0.469 e. The number of hydrogen-bond acceptors (Lipinski definition) is 6. The Morgan fingerprint density at radius 2 is 2.38 bits per heavy atom. The maximum Gasteiger partial charge on any atom is 0.308 e. The fourth-order valence-electron chi connectivity index (χ4n) is 2.10. The molecule has 0 aromatic carbocycles. The van der Waals surface area contributed by atoms with Gasteiger partial charge in [-0.15, -0.1) is 0 Å². The SMILES string of the molecule is CCc1ncc(S(=O)(=O)N2CCOC(CC(=O)OC)C2)[nH]1. The molecule has 1 saturated heterocycles. The van der Waals surface area contributed by atoms with Gasteiger partial charge in [-0.05, 0) is 0 Å². The van der Waals surface area contributed by atoms with E-state index >= 15 is 0 Å². The van der Waals surface area contributed by atoms with Gasteiger partial charge in [0, 0.05) is 19.5 Å². The highest BCUT2D eigenvalue weighted by Crippen LogP contribution is 2.18. The Morgan fingerprint density at radius 3 is 3.00 bits per heavy atom. The molecule has 2 rings (SSSR count). The van der Waals surface area contributed by atoms with Gasteiger partial charge in [0.2, 0.25) is 0 Å². The van der Waals surface area contributed by atoms with Crippen molar-refractivity contribution in [2.24, 2.45) is 0 Å². The zero-order valence-corrected chi connectivity index (χ0v) is 12.9. The first-order valence-electron chi connectivity index (χ1n) is 6.69. The van der Waals surface area contributed by atoms with Gasteiger partial charge in [0.25, 0.3) is 10.0 Å². The molecule has 1 fully saturated rings. The third-order valence-corrected chi connectivity index (χ3v) is 5.06. The molecule has 1 aromatic heterocycles. The molecule has 0 radical (unpaired) electrons. The number of carbonyl (C=O) groups is 1. The third kappa shape index (κ3) is 3.60. The maximum atomic E-state index is 12.5. The summed E-state index contributed by atoms with van der Waals surface area (Å²) in [6.07, 6.45) is 1.49. The molecule has 0 bridgehead atoms. The highest BCUT2D eigenvalue weighted by molar-refractivity contribution is 7.89. The van der Waals surface area contributed by atoms with E-state index < -0.39 is 22.1 Å². The maximum absolute atomic E-state index is 12.5. The predicted octanol–water partition coefficient (Wildman–Crippen LogP) is -0.0753. The van der Waals surface area contributed by atoms with Crippen LogP contribution in [-0.2, 0) is 30.7 Å². The van der Waals surface area contributed by atoms with E-state index in [1.165, 1.54) is 17.6 Å². The largest absolute Gasteiger partial charge is 0.469 e. The average Bonchev–Trinajstić information content (AvgIpc) is 2.97. The number of imidazole rings is 1. The molecule has 1 N–H and O–H groups in total. The summed E-state index contributed by atoms with van der Waals surface area (Å²) in [5, 5.41) is 0.0677. The molecule has 1 aliphatic rings. The third-order valence-electron chi connectivity index (χ3n) is 3.28. The van der Waals surface area contributed by atoms with Crippen LogP contribution in [0.2, 0.25) is 0 Å². The van der Waals surface area contributed by atoms with Gasteiger partial charge in [-0.2, -0.15) is 4.31 Å². The predicted molar refractivity (Wildman–Crippen MR) is 73.1 cm³/mol. The van der Waals surface area contributed by atoms with Crippen LogP contribution in [0.3, 0.4) is 0 Å². The van der Waals surface area contributed by atoms with E-state index in [1.807, 2.05) is 6.92 Å². The van der Waals surface area contributed by atoms with Crippen molar-refractivity contribution in [3.8, 4) is 0 Å². The van der Waals surface area contributed by atoms with Crippen molar-refractivity contribution in [2.45, 2.75) is 30.9 Å². The summed E-state index contributed by atoms with van der Waals surface area (Å²) in [5.74, 6) is 0.196. The molecule has 21 heavy (non-hydrogen) atoms. The van der Waals surface area contributed by atoms with Crippen LogP contribution < -0.4 is 0 Å². The number of methoxy groups -OCH3 is 1. The number of ether oxygens (including phenoxy) is 2. The van der Waals surface area contributed by atoms with Crippen LogP contribution in [0.15, 0.2) is 11.2 Å². The van der Waals surface area contributed by atoms with Crippen molar-refractivity contribution in [3.05, 3.63) is 12.0 Å². The minimum atomic E-state index is -3.64. The van der Waals surface area contributed by atoms with Crippen LogP contribution in [-0.4, -0.2) is 61.6 Å². The number of aromatic amines is 1. The number of aromatic nitrogens is 2. The van der Waals surface area contributed by atoms with Crippen LogP contribution >= 0.6 is 0 Å². The van der Waals surface area contributed by atoms with Crippen LogP contribution in [0.5, 0.6) is 0 Å². The van der Waals surface area contributed by atoms with Gasteiger partial charge in [0.15, 0.2) is 5.03 Å². The molecule has 1 aliphatic heterocycles. The van der Waals surface area contributed by atoms with Crippen LogP contribution in [0, 0.1) is 0 Å². The van der Waals surface area contributed by atoms with E-state index in [-0.39, 0.29) is 31.1 Å². The van der Waals surface area contributed by atoms with Gasteiger partial charge in [-0.3, -0.25) is 4.79 Å². The fraction of sp³-hybridized carbons (Fsp3) is 0.667. The standard InChI is InChI=1S/C12H19N3O5S/c1-3-10-13-7-11(14-10)21(17,18)15-4-5-20-9(8-15)6-12(16)19-2/h7,9H,3-6,8H2,1-2H3,(H,13,14). The number of carbonyl (C=O) groups excluding carboxylic acids is 1. The second-order valence-electron chi connectivity index (χ2n) is 4.68. The molecule has 0 saturated carbocycles. The minimum absolute atomic E-state index is 0.0334. The molecular formula is C12H19N3O5S. The number of aryl methyl sites for hydroxylation is 1. The van der Waals surface area contributed by atoms with Gasteiger partial charge in [0.1, 0.15) is 5.82 Å². The van der Waals surface area contributed by atoms with Crippen molar-refractivity contribution in [1.29, 1.82) is 0 Å². The van der Waals surface area contributed by atoms with Crippen molar-refractivity contribution in [2.75, 3.05) is 26.8 Å². The van der Waals surface area contributed by atoms with Gasteiger partial charge in [-0.25, -0.2) is 13.4 Å². The van der Waals surface area contributed by atoms with E-state index in [9.17, 15) is 13.2 Å². The van der Waals surface area contributed by atoms with Crippen molar-refractivity contribution in [1.82, 2.24) is 14.3 Å². The monoisotopic (exact) mass is 317 g/mol. The van der Waals surface area contributed by atoms with Crippen molar-refractivity contribution >= 4 is 16.0 Å². The number of rotatable bonds is 5. The normalized spacial score (nSPS) is 20.4. The molecule has 1 atom stereocenters. The van der Waals surface area contributed by atoms with E-state index in [0.717, 1.165) is 0 Å². The summed E-state index contributed by atoms with van der Waals surface area (Å²) in [4.78, 5) is 18.1. The molecule has 0 spiro atoms. The van der Waals surface area contributed by atoms with Crippen molar-refractivity contribution in [3.63, 3.8) is 0 Å². The fourth-order valence-corrected chi connectivity index (χ4v) is 3.48. The molecule has 1 unspecified atom stereocenters. The second-order valence-corrected chi connectivity index (χ2v) is 6.59. The molecule has 118 valence electrons. The van der Waals surface area contributed by atoms with Gasteiger partial charge >= 0.3 is 5.97 Å². The topological polar surface area (TPSA) is 102 Å². The summed E-state index contributed by atoms with van der Waals surface area (Å²) in [5.41, 5.74) is 0. The highest BCUT2D eigenvalue weighted by atomic mass is 32.2. The van der Waals surface area contributed by atoms with Crippen LogP contribution in [0.4, 0.5) is 0 Å². The first-order chi connectivity index (χ1) is 9.97. The summed E-state index contributed by atoms with van der Waals surface area (Å²) < 4.78 is 36.3. The zero-order chi connectivity index (χ0) is 15.5. The lowest BCUT2D eigenvalue weighted by Crippen LogP contribution is -2.46. The van der Waals surface area contributed by atoms with Crippen LogP contribution in [0.1, 0.15) is 19.2 Å². The van der Waals surface area contributed by atoms with Gasteiger partial charge < -0.3 is 14.5 Å². The van der Waals surface area contributed by atoms with E-state index in [0.29, 0.717) is 12.2 Å². The second kappa shape index (κ2) is 6.54. The van der Waals surface area contributed by atoms with Crippen molar-refractivity contribution < 1.29 is 22.7 Å². The molecule has 2 heterocycles. The molecule has 9 heteroatoms. The van der Waals surface area contributed by atoms with Gasteiger partial charge in [-0.1, -0.05) is 6.92 Å². The molecule has 0 amide bonds. The summed E-state index contributed by atoms with van der Waals surface area (Å²) >= 11 is 0. The lowest BCUT2D eigenvalue weighted by atomic mass is 10.2. The molecule has 8 nitrogen and oxygen atoms in total. The lowest BCUT2D eigenvalue weighted by Gasteiger charge is -2.31. The average molecular weight is 317 g/mol. The zero-order valence-electron chi connectivity index (χ0n) is 12.0. The summed E-state index contributed by atoms with van der Waals surface area (Å²) in [6.45, 7) is 2.50. The van der Waals surface area contributed by atoms with E-state index in [2.05, 4.69) is 14.7 Å². The summed E-state index contributed by atoms with van der Waals surface area (Å²) in [6, 6.07) is 0. The number of nitrogens with zero attached hydrogens (tertiary/aromatic N) is 2. The Morgan fingerprint density at radius 1 is 1.62 bits per heavy atom. The molecule has 0 aliphatic carbocycles. The highest BCUT2D eigenvalue weighted by Gasteiger charge is 2.33. The number of nitrogens with one attached hydrogen (secondary N) is 1. The van der Waals surface area contributed by atoms with E-state index in [1.54, 1.807) is 0 Å². The smallest absolute Gasteiger partial charge is 0.308 e. The first kappa shape index (κ1) is 15.9. The number of morpholine rings is 1. The Balaban J connectivity index is 2.10. The Labute approximate surface area is 123 Å². The Hall–Kier alpha value is -1.45.